The van der Waals surface area contributed by atoms with Crippen LogP contribution in [0.15, 0.2) is 72.8 Å². The molecule has 3 rings (SSSR count). The molecule has 0 fully saturated rings. The number of nitrogens with one attached hydrogen (secondary N) is 2. The summed E-state index contributed by atoms with van der Waals surface area (Å²) in [5.41, 5.74) is 2.56. The van der Waals surface area contributed by atoms with E-state index in [1.807, 2.05) is 0 Å². The van der Waals surface area contributed by atoms with Gasteiger partial charge in [-0.05, 0) is 86.6 Å². The predicted octanol–water partition coefficient (Wildman–Crippen LogP) is 4.54. The third-order valence-electron chi connectivity index (χ3n) is 4.72. The summed E-state index contributed by atoms with van der Waals surface area (Å²) in [6, 6.07) is 18.9. The minimum absolute atomic E-state index is 0.285. The van der Waals surface area contributed by atoms with Gasteiger partial charge in [0.2, 0.25) is 0 Å². The van der Waals surface area contributed by atoms with E-state index in [4.69, 9.17) is 9.47 Å². The number of carbonyl (C=O) groups excluding carboxylic acids is 4. The molecule has 0 unspecified atom stereocenters. The van der Waals surface area contributed by atoms with Crippen LogP contribution in [0.5, 0.6) is 0 Å². The first kappa shape index (κ1) is 24.2. The number of hydrogen-bond donors (Lipinski definition) is 2. The molecule has 34 heavy (non-hydrogen) atoms. The molecule has 0 aliphatic heterocycles. The molecule has 0 aliphatic carbocycles. The van der Waals surface area contributed by atoms with Gasteiger partial charge in [-0.1, -0.05) is 0 Å². The maximum atomic E-state index is 12.5. The molecule has 3 aromatic rings. The van der Waals surface area contributed by atoms with Crippen LogP contribution in [0.25, 0.3) is 0 Å². The van der Waals surface area contributed by atoms with Crippen LogP contribution in [0, 0.1) is 0 Å². The zero-order chi connectivity index (χ0) is 24.5. The zero-order valence-electron chi connectivity index (χ0n) is 18.8. The van der Waals surface area contributed by atoms with Crippen LogP contribution >= 0.6 is 0 Å². The smallest absolute Gasteiger partial charge is 0.338 e. The summed E-state index contributed by atoms with van der Waals surface area (Å²) in [7, 11) is 0. The van der Waals surface area contributed by atoms with Gasteiger partial charge >= 0.3 is 11.9 Å². The van der Waals surface area contributed by atoms with Gasteiger partial charge in [-0.3, -0.25) is 9.59 Å². The van der Waals surface area contributed by atoms with Crippen LogP contribution < -0.4 is 10.6 Å². The fourth-order valence-electron chi connectivity index (χ4n) is 2.99. The van der Waals surface area contributed by atoms with Crippen molar-refractivity contribution < 1.29 is 28.7 Å². The van der Waals surface area contributed by atoms with Crippen molar-refractivity contribution in [3.8, 4) is 0 Å². The first-order valence-corrected chi connectivity index (χ1v) is 10.7. The molecule has 3 aromatic carbocycles. The van der Waals surface area contributed by atoms with Crippen molar-refractivity contribution in [1.82, 2.24) is 0 Å². The lowest BCUT2D eigenvalue weighted by molar-refractivity contribution is 0.0517. The van der Waals surface area contributed by atoms with Gasteiger partial charge in [-0.25, -0.2) is 9.59 Å². The van der Waals surface area contributed by atoms with E-state index in [0.29, 0.717) is 33.6 Å². The Kier molecular flexibility index (Phi) is 8.12. The van der Waals surface area contributed by atoms with Crippen molar-refractivity contribution in [3.05, 3.63) is 95.1 Å². The highest BCUT2D eigenvalue weighted by atomic mass is 16.5. The van der Waals surface area contributed by atoms with Crippen molar-refractivity contribution in [2.24, 2.45) is 0 Å². The number of carbonyl (C=O) groups is 4. The highest BCUT2D eigenvalue weighted by Crippen LogP contribution is 2.15. The van der Waals surface area contributed by atoms with E-state index in [-0.39, 0.29) is 25.0 Å². The normalized spacial score (nSPS) is 10.2. The quantitative estimate of drug-likeness (QED) is 0.478. The largest absolute Gasteiger partial charge is 0.462 e. The molecular formula is C26H24N2O6. The first-order valence-electron chi connectivity index (χ1n) is 10.7. The second-order valence-electron chi connectivity index (χ2n) is 7.08. The van der Waals surface area contributed by atoms with Crippen molar-refractivity contribution >= 4 is 35.1 Å². The second-order valence-corrected chi connectivity index (χ2v) is 7.08. The summed E-state index contributed by atoms with van der Waals surface area (Å²) < 4.78 is 9.86. The average molecular weight is 460 g/mol. The number of esters is 2. The molecule has 0 saturated carbocycles. The van der Waals surface area contributed by atoms with E-state index in [1.54, 1.807) is 86.6 Å². The molecule has 8 heteroatoms. The summed E-state index contributed by atoms with van der Waals surface area (Å²) in [6.45, 7) is 4.03. The Morgan fingerprint density at radius 3 is 1.12 bits per heavy atom. The van der Waals surface area contributed by atoms with E-state index in [1.165, 1.54) is 0 Å². The summed E-state index contributed by atoms with van der Waals surface area (Å²) in [5, 5.41) is 5.48. The first-order chi connectivity index (χ1) is 16.4. The topological polar surface area (TPSA) is 111 Å². The molecule has 0 heterocycles. The number of rotatable bonds is 8. The van der Waals surface area contributed by atoms with Gasteiger partial charge in [-0.15, -0.1) is 0 Å². The Morgan fingerprint density at radius 2 is 0.824 bits per heavy atom. The summed E-state index contributed by atoms with van der Waals surface area (Å²) in [4.78, 5) is 48.4. The Balaban J connectivity index is 1.58. The lowest BCUT2D eigenvalue weighted by atomic mass is 10.1. The molecule has 0 radical (unpaired) electrons. The molecule has 0 aliphatic rings. The van der Waals surface area contributed by atoms with Crippen molar-refractivity contribution in [2.45, 2.75) is 13.8 Å². The van der Waals surface area contributed by atoms with E-state index >= 15 is 0 Å². The highest BCUT2D eigenvalue weighted by Gasteiger charge is 2.12. The van der Waals surface area contributed by atoms with Crippen molar-refractivity contribution in [2.75, 3.05) is 23.8 Å². The molecule has 8 nitrogen and oxygen atoms in total. The monoisotopic (exact) mass is 460 g/mol. The van der Waals surface area contributed by atoms with Crippen LogP contribution in [0.2, 0.25) is 0 Å². The summed E-state index contributed by atoms with van der Waals surface area (Å²) in [5.74, 6) is -1.57. The number of anilines is 2. The van der Waals surface area contributed by atoms with Gasteiger partial charge in [0.05, 0.1) is 24.3 Å². The second kappa shape index (κ2) is 11.4. The fraction of sp³-hybridized carbons (Fsp3) is 0.154. The van der Waals surface area contributed by atoms with Gasteiger partial charge in [0.15, 0.2) is 0 Å². The van der Waals surface area contributed by atoms with Crippen LogP contribution in [0.3, 0.4) is 0 Å². The molecule has 0 aromatic heterocycles. The molecular weight excluding hydrogens is 436 g/mol. The molecule has 0 spiro atoms. The maximum Gasteiger partial charge on any atom is 0.338 e. The Bertz CT molecular complexity index is 1070. The Labute approximate surface area is 196 Å². The van der Waals surface area contributed by atoms with Crippen LogP contribution in [-0.2, 0) is 9.47 Å². The van der Waals surface area contributed by atoms with Crippen LogP contribution in [0.4, 0.5) is 11.4 Å². The molecule has 0 atom stereocenters. The SMILES string of the molecule is CCOC(=O)c1ccc(NC(=O)c2ccc(C(=O)Nc3ccc(C(=O)OCC)cc3)cc2)cc1. The highest BCUT2D eigenvalue weighted by molar-refractivity contribution is 6.07. The number of hydrogen-bond acceptors (Lipinski definition) is 6. The molecule has 174 valence electrons. The van der Waals surface area contributed by atoms with E-state index < -0.39 is 11.9 Å². The average Bonchev–Trinajstić information content (AvgIpc) is 2.85. The Hall–Kier alpha value is -4.46. The van der Waals surface area contributed by atoms with E-state index in [2.05, 4.69) is 10.6 Å². The summed E-state index contributed by atoms with van der Waals surface area (Å²) >= 11 is 0. The summed E-state index contributed by atoms with van der Waals surface area (Å²) in [6.07, 6.45) is 0. The minimum atomic E-state index is -0.427. The lowest BCUT2D eigenvalue weighted by Crippen LogP contribution is -2.14. The van der Waals surface area contributed by atoms with Crippen molar-refractivity contribution in [3.63, 3.8) is 0 Å². The lowest BCUT2D eigenvalue weighted by Gasteiger charge is -2.09. The third kappa shape index (κ3) is 6.29. The van der Waals surface area contributed by atoms with Gasteiger partial charge in [-0.2, -0.15) is 0 Å². The van der Waals surface area contributed by atoms with E-state index in [0.717, 1.165) is 0 Å². The predicted molar refractivity (Wildman–Crippen MR) is 127 cm³/mol. The third-order valence-corrected chi connectivity index (χ3v) is 4.72. The van der Waals surface area contributed by atoms with Gasteiger partial charge in [0.1, 0.15) is 0 Å². The molecule has 2 amide bonds. The Morgan fingerprint density at radius 1 is 0.529 bits per heavy atom. The van der Waals surface area contributed by atoms with Gasteiger partial charge < -0.3 is 20.1 Å². The number of amides is 2. The van der Waals surface area contributed by atoms with Gasteiger partial charge in [0, 0.05) is 22.5 Å². The number of benzene rings is 3. The molecule has 0 bridgehead atoms. The van der Waals surface area contributed by atoms with Crippen molar-refractivity contribution in [1.29, 1.82) is 0 Å². The standard InChI is InChI=1S/C26H24N2O6/c1-3-33-25(31)19-9-13-21(14-10-19)27-23(29)17-5-7-18(8-6-17)24(30)28-22-15-11-20(12-16-22)26(32)34-4-2/h5-16H,3-4H2,1-2H3,(H,27,29)(H,28,30). The number of ether oxygens (including phenoxy) is 2. The van der Waals surface area contributed by atoms with Gasteiger partial charge in [0.25, 0.3) is 11.8 Å². The maximum absolute atomic E-state index is 12.5. The van der Waals surface area contributed by atoms with E-state index in [9.17, 15) is 19.2 Å². The van der Waals surface area contributed by atoms with Crippen LogP contribution in [0.1, 0.15) is 55.3 Å². The minimum Gasteiger partial charge on any atom is -0.462 e. The molecule has 0 saturated heterocycles. The fourth-order valence-corrected chi connectivity index (χ4v) is 2.99. The molecule has 2 N–H and O–H groups in total. The van der Waals surface area contributed by atoms with Crippen LogP contribution in [-0.4, -0.2) is 37.0 Å². The zero-order valence-corrected chi connectivity index (χ0v) is 18.8.